The van der Waals surface area contributed by atoms with E-state index in [1.54, 1.807) is 11.3 Å². The van der Waals surface area contributed by atoms with Gasteiger partial charge in [-0.15, -0.1) is 0 Å². The monoisotopic (exact) mass is 390 g/mol. The Bertz CT molecular complexity index is 1060. The van der Waals surface area contributed by atoms with Crippen LogP contribution in [-0.4, -0.2) is 22.4 Å². The third-order valence-corrected chi connectivity index (χ3v) is 5.25. The lowest BCUT2D eigenvalue weighted by atomic mass is 10.1. The fourth-order valence-electron chi connectivity index (χ4n) is 3.10. The molecule has 0 aliphatic carbocycles. The number of hydrogen-bond acceptors (Lipinski definition) is 5. The number of para-hydroxylation sites is 1. The first-order chi connectivity index (χ1) is 13.7. The van der Waals surface area contributed by atoms with Gasteiger partial charge in [0, 0.05) is 6.20 Å². The van der Waals surface area contributed by atoms with Gasteiger partial charge in [0.2, 0.25) is 5.13 Å². The fourth-order valence-corrected chi connectivity index (χ4v) is 3.92. The zero-order valence-electron chi connectivity index (χ0n) is 15.9. The van der Waals surface area contributed by atoms with E-state index in [2.05, 4.69) is 58.2 Å². The molecule has 2 aromatic heterocycles. The molecule has 142 valence electrons. The van der Waals surface area contributed by atoms with Crippen LogP contribution in [0, 0.1) is 13.8 Å². The van der Waals surface area contributed by atoms with E-state index in [-0.39, 0.29) is 0 Å². The Balaban J connectivity index is 1.35. The fraction of sp³-hybridized carbons (Fsp3) is 0.182. The summed E-state index contributed by atoms with van der Waals surface area (Å²) in [6.45, 7) is 5.52. The molecule has 0 fully saturated rings. The van der Waals surface area contributed by atoms with Crippen LogP contribution in [0.25, 0.3) is 10.2 Å². The summed E-state index contributed by atoms with van der Waals surface area (Å²) in [5.74, 6) is 0.914. The normalized spacial score (nSPS) is 11.4. The Hall–Kier alpha value is -3.12. The highest BCUT2D eigenvalue weighted by Gasteiger charge is 2.03. The number of thiazole rings is 1. The van der Waals surface area contributed by atoms with Crippen LogP contribution < -0.4 is 10.2 Å². The highest BCUT2D eigenvalue weighted by molar-refractivity contribution is 7.22. The number of ether oxygens (including phenoxy) is 1. The molecule has 0 unspecified atom stereocenters. The lowest BCUT2D eigenvalue weighted by Crippen LogP contribution is -2.10. The van der Waals surface area contributed by atoms with Gasteiger partial charge in [0.15, 0.2) is 0 Å². The van der Waals surface area contributed by atoms with Gasteiger partial charge in [-0.1, -0.05) is 29.5 Å². The quantitative estimate of drug-likeness (QED) is 0.347. The molecule has 2 heterocycles. The summed E-state index contributed by atoms with van der Waals surface area (Å²) < 4.78 is 9.18. The number of anilines is 1. The minimum atomic E-state index is 0.601. The van der Waals surface area contributed by atoms with Crippen LogP contribution in [0.3, 0.4) is 0 Å². The molecule has 0 radical (unpaired) electrons. The number of hydrogen-bond donors (Lipinski definition) is 1. The van der Waals surface area contributed by atoms with Crippen molar-refractivity contribution in [3.05, 3.63) is 77.6 Å². The molecule has 4 aromatic rings. The second-order valence-electron chi connectivity index (χ2n) is 6.66. The number of aryl methyl sites for hydroxylation is 2. The topological polar surface area (TPSA) is 51.4 Å². The highest BCUT2D eigenvalue weighted by Crippen LogP contribution is 2.25. The number of fused-ring (bicyclic) bond motifs is 1. The maximum absolute atomic E-state index is 5.91. The van der Waals surface area contributed by atoms with E-state index < -0.39 is 0 Å². The van der Waals surface area contributed by atoms with Crippen molar-refractivity contribution in [2.75, 3.05) is 12.0 Å². The van der Waals surface area contributed by atoms with Crippen molar-refractivity contribution in [3.63, 3.8) is 0 Å². The number of rotatable bonds is 7. The van der Waals surface area contributed by atoms with Crippen LogP contribution >= 0.6 is 11.3 Å². The number of aromatic nitrogens is 2. The molecule has 5 nitrogen and oxygen atoms in total. The predicted molar refractivity (Wildman–Crippen MR) is 117 cm³/mol. The van der Waals surface area contributed by atoms with Gasteiger partial charge in [0.25, 0.3) is 0 Å². The van der Waals surface area contributed by atoms with Gasteiger partial charge in [0.1, 0.15) is 12.4 Å². The maximum atomic E-state index is 5.91. The molecule has 0 amide bonds. The number of benzene rings is 2. The third kappa shape index (κ3) is 4.40. The van der Waals surface area contributed by atoms with E-state index in [9.17, 15) is 0 Å². The van der Waals surface area contributed by atoms with Gasteiger partial charge in [-0.3, -0.25) is 5.43 Å². The number of hydrazone groups is 1. The molecule has 2 aromatic carbocycles. The van der Waals surface area contributed by atoms with E-state index in [1.807, 2.05) is 42.7 Å². The molecule has 1 N–H and O–H groups in total. The Morgan fingerprint density at radius 2 is 1.93 bits per heavy atom. The lowest BCUT2D eigenvalue weighted by Gasteiger charge is -2.10. The summed E-state index contributed by atoms with van der Waals surface area (Å²) in [6, 6.07) is 18.4. The van der Waals surface area contributed by atoms with Crippen LogP contribution in [-0.2, 0) is 6.54 Å². The van der Waals surface area contributed by atoms with Crippen molar-refractivity contribution < 1.29 is 4.74 Å². The first-order valence-electron chi connectivity index (χ1n) is 9.18. The second-order valence-corrected chi connectivity index (χ2v) is 7.69. The second kappa shape index (κ2) is 8.27. The van der Waals surface area contributed by atoms with Gasteiger partial charge in [-0.25, -0.2) is 4.98 Å². The Kier molecular flexibility index (Phi) is 5.39. The zero-order valence-corrected chi connectivity index (χ0v) is 16.7. The van der Waals surface area contributed by atoms with Gasteiger partial charge in [0.05, 0.1) is 28.7 Å². The SMILES string of the molecule is Cc1cc(C)cc(OCCn2cccc2C=NNc2nc3ccccc3s2)c1. The summed E-state index contributed by atoms with van der Waals surface area (Å²) in [6.07, 6.45) is 3.84. The summed E-state index contributed by atoms with van der Waals surface area (Å²) in [7, 11) is 0. The number of nitrogens with zero attached hydrogens (tertiary/aromatic N) is 3. The Morgan fingerprint density at radius 1 is 1.11 bits per heavy atom. The van der Waals surface area contributed by atoms with E-state index in [0.29, 0.717) is 6.61 Å². The molecule has 4 rings (SSSR count). The average molecular weight is 391 g/mol. The maximum Gasteiger partial charge on any atom is 0.204 e. The Labute approximate surface area is 168 Å². The summed E-state index contributed by atoms with van der Waals surface area (Å²) in [4.78, 5) is 4.52. The molecule has 0 saturated heterocycles. The summed E-state index contributed by atoms with van der Waals surface area (Å²) >= 11 is 1.59. The molecule has 0 aliphatic heterocycles. The van der Waals surface area contributed by atoms with E-state index in [1.165, 1.54) is 11.1 Å². The van der Waals surface area contributed by atoms with Gasteiger partial charge in [-0.2, -0.15) is 5.10 Å². The van der Waals surface area contributed by atoms with Crippen molar-refractivity contribution in [2.45, 2.75) is 20.4 Å². The highest BCUT2D eigenvalue weighted by atomic mass is 32.1. The van der Waals surface area contributed by atoms with Crippen LogP contribution in [0.1, 0.15) is 16.8 Å². The van der Waals surface area contributed by atoms with Crippen LogP contribution in [0.5, 0.6) is 5.75 Å². The van der Waals surface area contributed by atoms with E-state index in [4.69, 9.17) is 4.74 Å². The first-order valence-corrected chi connectivity index (χ1v) is 10.00. The van der Waals surface area contributed by atoms with Crippen LogP contribution in [0.4, 0.5) is 5.13 Å². The van der Waals surface area contributed by atoms with Crippen LogP contribution in [0.2, 0.25) is 0 Å². The number of nitrogens with one attached hydrogen (secondary N) is 1. The smallest absolute Gasteiger partial charge is 0.204 e. The molecule has 0 aliphatic rings. The molecule has 6 heteroatoms. The van der Waals surface area contributed by atoms with Gasteiger partial charge < -0.3 is 9.30 Å². The van der Waals surface area contributed by atoms with Crippen molar-refractivity contribution in [2.24, 2.45) is 5.10 Å². The van der Waals surface area contributed by atoms with Gasteiger partial charge in [-0.05, 0) is 61.4 Å². The van der Waals surface area contributed by atoms with Crippen molar-refractivity contribution in [1.82, 2.24) is 9.55 Å². The molecular formula is C22H22N4OS. The minimum absolute atomic E-state index is 0.601. The molecule has 0 spiro atoms. The Morgan fingerprint density at radius 3 is 2.75 bits per heavy atom. The van der Waals surface area contributed by atoms with E-state index in [0.717, 1.165) is 33.3 Å². The molecule has 0 bridgehead atoms. The van der Waals surface area contributed by atoms with E-state index >= 15 is 0 Å². The molecule has 0 atom stereocenters. The zero-order chi connectivity index (χ0) is 19.3. The standard InChI is InChI=1S/C22H22N4OS/c1-16-12-17(2)14-19(13-16)27-11-10-26-9-5-6-18(26)15-23-25-22-24-20-7-3-4-8-21(20)28-22/h3-9,12-15H,10-11H2,1-2H3,(H,24,25). The summed E-state index contributed by atoms with van der Waals surface area (Å²) in [5.41, 5.74) is 7.45. The molecule has 0 saturated carbocycles. The average Bonchev–Trinajstić information content (AvgIpc) is 3.27. The van der Waals surface area contributed by atoms with Crippen LogP contribution in [0.15, 0.2) is 65.9 Å². The third-order valence-electron chi connectivity index (χ3n) is 4.31. The minimum Gasteiger partial charge on any atom is -0.492 e. The van der Waals surface area contributed by atoms with Crippen molar-refractivity contribution in [3.8, 4) is 5.75 Å². The lowest BCUT2D eigenvalue weighted by molar-refractivity contribution is 0.298. The van der Waals surface area contributed by atoms with Crippen molar-refractivity contribution in [1.29, 1.82) is 0 Å². The predicted octanol–water partition coefficient (Wildman–Crippen LogP) is 5.24. The first kappa shape index (κ1) is 18.3. The summed E-state index contributed by atoms with van der Waals surface area (Å²) in [5, 5.41) is 5.13. The largest absolute Gasteiger partial charge is 0.492 e. The molecular weight excluding hydrogens is 368 g/mol. The van der Waals surface area contributed by atoms with Crippen molar-refractivity contribution >= 4 is 32.9 Å². The van der Waals surface area contributed by atoms with Gasteiger partial charge >= 0.3 is 0 Å². The molecule has 28 heavy (non-hydrogen) atoms.